The van der Waals surface area contributed by atoms with Gasteiger partial charge in [-0.1, -0.05) is 6.92 Å². The van der Waals surface area contributed by atoms with E-state index in [4.69, 9.17) is 15.2 Å². The van der Waals surface area contributed by atoms with Crippen molar-refractivity contribution in [2.75, 3.05) is 11.5 Å². The first-order chi connectivity index (χ1) is 10.1. The summed E-state index contributed by atoms with van der Waals surface area (Å²) in [5, 5.41) is 0. The van der Waals surface area contributed by atoms with Crippen molar-refractivity contribution in [3.63, 3.8) is 0 Å². The maximum Gasteiger partial charge on any atom is 0.243 e. The summed E-state index contributed by atoms with van der Waals surface area (Å²) < 4.78 is 10.6. The number of ether oxygens (including phenoxy) is 2. The van der Waals surface area contributed by atoms with Crippen LogP contribution >= 0.6 is 11.8 Å². The lowest BCUT2D eigenvalue weighted by atomic mass is 9.90. The second kappa shape index (κ2) is 9.94. The summed E-state index contributed by atoms with van der Waals surface area (Å²) in [5.41, 5.74) is 4.91. The Hall–Kier alpha value is -0.950. The highest BCUT2D eigenvalue weighted by atomic mass is 32.2. The molecule has 0 heterocycles. The molecule has 0 saturated carbocycles. The lowest BCUT2D eigenvalue weighted by Gasteiger charge is -2.31. The van der Waals surface area contributed by atoms with Gasteiger partial charge < -0.3 is 20.0 Å². The molecule has 0 aromatic heterocycles. The van der Waals surface area contributed by atoms with Crippen LogP contribution in [0.4, 0.5) is 9.59 Å². The van der Waals surface area contributed by atoms with Crippen LogP contribution in [0.2, 0.25) is 0 Å². The first-order valence-corrected chi connectivity index (χ1v) is 8.38. The Bertz CT molecular complexity index is 395. The number of aldehydes is 1. The third-order valence-electron chi connectivity index (χ3n) is 2.95. The number of thioether (sulfide) groups is 1. The zero-order chi connectivity index (χ0) is 17.3. The van der Waals surface area contributed by atoms with E-state index >= 15 is 0 Å². The minimum Gasteiger partial charge on any atom is -0.470 e. The van der Waals surface area contributed by atoms with E-state index in [9.17, 15) is 14.4 Å². The van der Waals surface area contributed by atoms with Crippen molar-refractivity contribution < 1.29 is 23.9 Å². The second-order valence-corrected chi connectivity index (χ2v) is 7.09. The molecule has 0 aromatic carbocycles. The molecule has 0 aliphatic heterocycles. The van der Waals surface area contributed by atoms with Crippen molar-refractivity contribution in [3.05, 3.63) is 0 Å². The lowest BCUT2D eigenvalue weighted by molar-refractivity contribution is -0.108. The zero-order valence-electron chi connectivity index (χ0n) is 14.0. The number of carbonyl (C=O) groups excluding carboxylic acids is 3. The van der Waals surface area contributed by atoms with E-state index in [2.05, 4.69) is 0 Å². The maximum absolute atomic E-state index is 11.3. The lowest BCUT2D eigenvalue weighted by Crippen LogP contribution is -2.36. The fourth-order valence-electron chi connectivity index (χ4n) is 2.22. The Balaban J connectivity index is 4.62. The smallest absolute Gasteiger partial charge is 0.243 e. The topological polar surface area (TPSA) is 95.7 Å². The first kappa shape index (κ1) is 21.0. The summed E-state index contributed by atoms with van der Waals surface area (Å²) in [6.07, 6.45) is 0.933. The second-order valence-electron chi connectivity index (χ2n) is 6.02. The molecule has 2 N–H and O–H groups in total. The molecule has 3 atom stereocenters. The maximum atomic E-state index is 11.3. The Morgan fingerprint density at radius 2 is 1.86 bits per heavy atom. The summed E-state index contributed by atoms with van der Waals surface area (Å²) in [4.78, 5) is 32.9. The molecule has 0 rings (SSSR count). The number of hydrogen-bond acceptors (Lipinski definition) is 7. The van der Waals surface area contributed by atoms with E-state index < -0.39 is 11.6 Å². The molecule has 0 aliphatic carbocycles. The Kier molecular flexibility index (Phi) is 9.51. The highest BCUT2D eigenvalue weighted by Gasteiger charge is 2.29. The normalized spacial score (nSPS) is 15.5. The van der Waals surface area contributed by atoms with Gasteiger partial charge in [-0.05, 0) is 26.2 Å². The molecule has 124 valence electrons. The first-order valence-electron chi connectivity index (χ1n) is 7.23. The predicted octanol–water partition coefficient (Wildman–Crippen LogP) is -0.0414. The van der Waals surface area contributed by atoms with E-state index in [0.29, 0.717) is 24.2 Å². The molecule has 0 spiro atoms. The average Bonchev–Trinajstić information content (AvgIpc) is 2.34. The van der Waals surface area contributed by atoms with Crippen LogP contribution in [-0.4, -0.2) is 63.0 Å². The molecular formula is C13H25B2NO5S. The van der Waals surface area contributed by atoms with E-state index in [1.807, 2.05) is 20.8 Å². The molecule has 6 nitrogen and oxygen atoms in total. The van der Waals surface area contributed by atoms with Gasteiger partial charge in [-0.2, -0.15) is 11.8 Å². The van der Waals surface area contributed by atoms with Gasteiger partial charge in [0, 0.05) is 11.5 Å². The predicted molar refractivity (Wildman–Crippen MR) is 93.1 cm³/mol. The summed E-state index contributed by atoms with van der Waals surface area (Å²) in [6.45, 7) is 5.59. The van der Waals surface area contributed by atoms with Gasteiger partial charge in [0.25, 0.3) is 0 Å². The van der Waals surface area contributed by atoms with Gasteiger partial charge in [0.15, 0.2) is 0 Å². The molecule has 0 amide bonds. The molecule has 0 aliphatic rings. The van der Waals surface area contributed by atoms with Crippen molar-refractivity contribution in [3.8, 4) is 0 Å². The van der Waals surface area contributed by atoms with Crippen LogP contribution in [-0.2, 0) is 14.3 Å². The number of rotatable bonds is 10. The van der Waals surface area contributed by atoms with Crippen LogP contribution in [0.3, 0.4) is 0 Å². The van der Waals surface area contributed by atoms with E-state index in [-0.39, 0.29) is 23.8 Å². The average molecular weight is 329 g/mol. The summed E-state index contributed by atoms with van der Waals surface area (Å²) in [6, 6.07) is -0.518. The van der Waals surface area contributed by atoms with Crippen molar-refractivity contribution >= 4 is 45.5 Å². The van der Waals surface area contributed by atoms with Gasteiger partial charge in [0.1, 0.15) is 18.0 Å². The van der Waals surface area contributed by atoms with Crippen molar-refractivity contribution in [2.45, 2.75) is 44.9 Å². The van der Waals surface area contributed by atoms with Crippen LogP contribution in [0, 0.1) is 5.92 Å². The van der Waals surface area contributed by atoms with Gasteiger partial charge in [-0.3, -0.25) is 9.59 Å². The molecule has 22 heavy (non-hydrogen) atoms. The Morgan fingerprint density at radius 3 is 2.32 bits per heavy atom. The quantitative estimate of drug-likeness (QED) is 0.444. The number of carbonyl (C=O) groups is 3. The summed E-state index contributed by atoms with van der Waals surface area (Å²) in [5.74, 6) is 0.313. The Morgan fingerprint density at radius 1 is 1.27 bits per heavy atom. The SMILES string of the molecule is BC(=O)OC(CSCC(N)C=O)C(C)CC(C)(C)OC(B)=O. The van der Waals surface area contributed by atoms with Crippen LogP contribution < -0.4 is 5.73 Å². The highest BCUT2D eigenvalue weighted by Crippen LogP contribution is 2.26. The van der Waals surface area contributed by atoms with Gasteiger partial charge >= 0.3 is 0 Å². The molecule has 9 heteroatoms. The monoisotopic (exact) mass is 329 g/mol. The fourth-order valence-corrected chi connectivity index (χ4v) is 3.34. The molecule has 3 unspecified atom stereocenters. The van der Waals surface area contributed by atoms with Crippen molar-refractivity contribution in [1.82, 2.24) is 0 Å². The number of hydrogen-bond donors (Lipinski definition) is 1. The van der Waals surface area contributed by atoms with Crippen LogP contribution in [0.15, 0.2) is 0 Å². The van der Waals surface area contributed by atoms with Gasteiger partial charge in [-0.15, -0.1) is 0 Å². The summed E-state index contributed by atoms with van der Waals surface area (Å²) in [7, 11) is 2.73. The van der Waals surface area contributed by atoms with Crippen LogP contribution in [0.1, 0.15) is 27.2 Å². The van der Waals surface area contributed by atoms with Gasteiger partial charge in [0.2, 0.25) is 27.4 Å². The van der Waals surface area contributed by atoms with Gasteiger partial charge in [-0.25, -0.2) is 0 Å². The number of nitrogens with two attached hydrogens (primary N) is 1. The molecule has 0 saturated heterocycles. The van der Waals surface area contributed by atoms with Crippen molar-refractivity contribution in [2.24, 2.45) is 11.7 Å². The highest BCUT2D eigenvalue weighted by molar-refractivity contribution is 7.99. The third-order valence-corrected chi connectivity index (χ3v) is 4.14. The zero-order valence-corrected chi connectivity index (χ0v) is 14.8. The van der Waals surface area contributed by atoms with E-state index in [1.54, 1.807) is 0 Å². The van der Waals surface area contributed by atoms with E-state index in [1.165, 1.54) is 27.5 Å². The van der Waals surface area contributed by atoms with Gasteiger partial charge in [0.05, 0.1) is 6.04 Å². The minimum atomic E-state index is -0.631. The molecule has 0 fully saturated rings. The molecule has 0 aromatic rings. The minimum absolute atomic E-state index is 0.00166. The van der Waals surface area contributed by atoms with Crippen LogP contribution in [0.5, 0.6) is 0 Å². The fraction of sp³-hybridized carbons (Fsp3) is 0.769. The molecular weight excluding hydrogens is 304 g/mol. The Labute approximate surface area is 138 Å². The van der Waals surface area contributed by atoms with Crippen LogP contribution in [0.25, 0.3) is 0 Å². The van der Waals surface area contributed by atoms with E-state index in [0.717, 1.165) is 0 Å². The molecule has 0 radical (unpaired) electrons. The standard InChI is InChI=1S/C13H25B2NO5S/c1-8(4-13(2,3)21-12(15)19)10(20-11(14)18)7-22-6-9(16)5-17/h5,8-10H,4,6-7,14-16H2,1-3H3. The summed E-state index contributed by atoms with van der Waals surface area (Å²) >= 11 is 1.46. The third kappa shape index (κ3) is 9.89. The van der Waals surface area contributed by atoms with Crippen molar-refractivity contribution in [1.29, 1.82) is 0 Å². The molecule has 0 bridgehead atoms. The largest absolute Gasteiger partial charge is 0.470 e.